The van der Waals surface area contributed by atoms with E-state index in [2.05, 4.69) is 50.8 Å². The topological polar surface area (TPSA) is 34.0 Å². The molecule has 0 heterocycles. The predicted molar refractivity (Wildman–Crippen MR) is 130 cm³/mol. The van der Waals surface area contributed by atoms with Crippen LogP contribution in [0.3, 0.4) is 0 Å². The van der Waals surface area contributed by atoms with Gasteiger partial charge in [0.05, 0.1) is 0 Å². The number of rotatable bonds is 7. The highest BCUT2D eigenvalue weighted by Gasteiger charge is 2.14. The van der Waals surface area contributed by atoms with E-state index in [-0.39, 0.29) is 5.41 Å². The molecule has 0 aliphatic carbocycles. The molecule has 0 aliphatic heterocycles. The molecule has 0 spiro atoms. The second kappa shape index (κ2) is 13.3. The molecular formula is C26H36N2O. The van der Waals surface area contributed by atoms with Gasteiger partial charge < -0.3 is 4.74 Å². The van der Waals surface area contributed by atoms with Crippen molar-refractivity contribution in [1.82, 2.24) is 0 Å². The Kier molecular flexibility index (Phi) is 11.9. The molecule has 156 valence electrons. The van der Waals surface area contributed by atoms with E-state index in [1.165, 1.54) is 5.56 Å². The summed E-state index contributed by atoms with van der Waals surface area (Å²) in [5.41, 5.74) is 3.82. The van der Waals surface area contributed by atoms with E-state index in [1.54, 1.807) is 0 Å². The van der Waals surface area contributed by atoms with Gasteiger partial charge in [-0.2, -0.15) is 5.10 Å². The quantitative estimate of drug-likeness (QED) is 0.204. The predicted octanol–water partition coefficient (Wildman–Crippen LogP) is 7.59. The zero-order valence-electron chi connectivity index (χ0n) is 19.1. The van der Waals surface area contributed by atoms with Gasteiger partial charge in [-0.15, -0.1) is 5.10 Å². The van der Waals surface area contributed by atoms with Crippen LogP contribution in [0.4, 0.5) is 0 Å². The Morgan fingerprint density at radius 1 is 0.931 bits per heavy atom. The second-order valence-corrected chi connectivity index (χ2v) is 7.05. The first kappa shape index (κ1) is 26.1. The van der Waals surface area contributed by atoms with E-state index in [0.717, 1.165) is 11.1 Å². The number of hydrogen-bond acceptors (Lipinski definition) is 3. The minimum absolute atomic E-state index is 0.0860. The lowest BCUT2D eigenvalue weighted by Crippen LogP contribution is -2.12. The van der Waals surface area contributed by atoms with Crippen molar-refractivity contribution in [2.24, 2.45) is 10.2 Å². The van der Waals surface area contributed by atoms with Gasteiger partial charge in [-0.1, -0.05) is 84.2 Å². The van der Waals surface area contributed by atoms with Gasteiger partial charge in [0.2, 0.25) is 5.90 Å². The van der Waals surface area contributed by atoms with Gasteiger partial charge in [0.25, 0.3) is 0 Å². The Morgan fingerprint density at radius 2 is 1.52 bits per heavy atom. The second-order valence-electron chi connectivity index (χ2n) is 7.05. The smallest absolute Gasteiger partial charge is 0.245 e. The van der Waals surface area contributed by atoms with Gasteiger partial charge in [0.15, 0.2) is 0 Å². The third kappa shape index (κ3) is 9.20. The molecule has 1 aromatic rings. The summed E-state index contributed by atoms with van der Waals surface area (Å²) >= 11 is 0. The van der Waals surface area contributed by atoms with Gasteiger partial charge in [0, 0.05) is 12.3 Å². The van der Waals surface area contributed by atoms with Crippen molar-refractivity contribution >= 4 is 12.6 Å². The Hall–Kier alpha value is -2.94. The molecule has 0 amide bonds. The number of hydrogen-bond donors (Lipinski definition) is 0. The number of ether oxygens (including phenoxy) is 1. The van der Waals surface area contributed by atoms with Gasteiger partial charge in [0.1, 0.15) is 5.75 Å². The maximum absolute atomic E-state index is 5.87. The van der Waals surface area contributed by atoms with Crippen molar-refractivity contribution in [1.29, 1.82) is 0 Å². The fraction of sp³-hybridized carbons (Fsp3) is 0.308. The highest BCUT2D eigenvalue weighted by molar-refractivity contribution is 5.97. The maximum atomic E-state index is 5.87. The molecule has 0 N–H and O–H groups in total. The molecule has 29 heavy (non-hydrogen) atoms. The van der Waals surface area contributed by atoms with Gasteiger partial charge in [-0.25, -0.2) is 0 Å². The summed E-state index contributed by atoms with van der Waals surface area (Å²) in [6.45, 7) is 25.9. The highest BCUT2D eigenvalue weighted by atomic mass is 16.5. The number of benzene rings is 1. The van der Waals surface area contributed by atoms with Crippen LogP contribution in [0.2, 0.25) is 0 Å². The van der Waals surface area contributed by atoms with Gasteiger partial charge in [-0.05, 0) is 54.2 Å². The minimum Gasteiger partial charge on any atom is -0.437 e. The van der Waals surface area contributed by atoms with Crippen molar-refractivity contribution < 1.29 is 4.74 Å². The molecule has 0 aliphatic rings. The van der Waals surface area contributed by atoms with Crippen LogP contribution in [-0.4, -0.2) is 12.6 Å². The molecule has 3 heteroatoms. The van der Waals surface area contributed by atoms with E-state index in [0.29, 0.717) is 17.2 Å². The van der Waals surface area contributed by atoms with Crippen LogP contribution in [0.25, 0.3) is 0 Å². The van der Waals surface area contributed by atoms with Crippen LogP contribution in [-0.2, 0) is 5.41 Å². The third-order valence-electron chi connectivity index (χ3n) is 3.88. The average Bonchev–Trinajstić information content (AvgIpc) is 2.69. The van der Waals surface area contributed by atoms with Crippen molar-refractivity contribution in [3.8, 4) is 5.75 Å². The lowest BCUT2D eigenvalue weighted by Gasteiger charge is -2.19. The van der Waals surface area contributed by atoms with Crippen LogP contribution in [0, 0.1) is 0 Å². The third-order valence-corrected chi connectivity index (χ3v) is 3.88. The molecule has 0 bridgehead atoms. The Bertz CT molecular complexity index is 798. The van der Waals surface area contributed by atoms with Crippen LogP contribution >= 0.6 is 0 Å². The summed E-state index contributed by atoms with van der Waals surface area (Å²) in [5, 5.41) is 7.57. The lowest BCUT2D eigenvalue weighted by atomic mass is 9.87. The average molecular weight is 393 g/mol. The summed E-state index contributed by atoms with van der Waals surface area (Å²) in [6, 6.07) is 7.93. The first-order chi connectivity index (χ1) is 13.7. The van der Waals surface area contributed by atoms with Gasteiger partial charge in [-0.3, -0.25) is 0 Å². The molecule has 0 atom stereocenters. The van der Waals surface area contributed by atoms with Gasteiger partial charge >= 0.3 is 0 Å². The molecule has 0 radical (unpaired) electrons. The molecule has 0 unspecified atom stereocenters. The van der Waals surface area contributed by atoms with E-state index < -0.39 is 0 Å². The largest absolute Gasteiger partial charge is 0.437 e. The molecule has 0 aromatic heterocycles. The van der Waals surface area contributed by atoms with E-state index in [1.807, 2.05) is 82.3 Å². The van der Waals surface area contributed by atoms with Crippen LogP contribution < -0.4 is 4.74 Å². The summed E-state index contributed by atoms with van der Waals surface area (Å²) < 4.78 is 5.87. The number of nitrogens with zero attached hydrogens (tertiary/aromatic N) is 2. The Balaban J connectivity index is 0.00000379. The fourth-order valence-electron chi connectivity index (χ4n) is 2.30. The monoisotopic (exact) mass is 392 g/mol. The number of allylic oxidation sites excluding steroid dienone is 6. The van der Waals surface area contributed by atoms with E-state index >= 15 is 0 Å². The zero-order valence-corrected chi connectivity index (χ0v) is 19.1. The Morgan fingerprint density at radius 3 is 1.97 bits per heavy atom. The standard InChI is InChI=1S/C24H30N2O.C2H6/c1-9-11-18(3)20(10-2)13-12-19(4)23(26-25-8)27-22-16-14-21(15-17-22)24(5,6)7;1-2/h9-17H,3-4,8H2,1-2,5-7H3;1-2H3/b11-9-,13-12-,20-10+,26-23-;. The van der Waals surface area contributed by atoms with Crippen molar-refractivity contribution in [3.05, 3.63) is 90.1 Å². The molecule has 3 nitrogen and oxygen atoms in total. The SMILES string of the molecule is C=N/N=C(\Oc1ccc(C(C)(C)C)cc1)C(=C)/C=C\C(=C/C)C(=C)/C=C\C.CC. The van der Waals surface area contributed by atoms with E-state index in [9.17, 15) is 0 Å². The molecule has 0 saturated heterocycles. The maximum Gasteiger partial charge on any atom is 0.245 e. The van der Waals surface area contributed by atoms with Crippen LogP contribution in [0.1, 0.15) is 54.0 Å². The van der Waals surface area contributed by atoms with Crippen molar-refractivity contribution in [2.45, 2.75) is 53.9 Å². The summed E-state index contributed by atoms with van der Waals surface area (Å²) in [5.74, 6) is 0.974. The normalized spacial score (nSPS) is 12.5. The molecular weight excluding hydrogens is 356 g/mol. The van der Waals surface area contributed by atoms with Crippen LogP contribution in [0.5, 0.6) is 5.75 Å². The van der Waals surface area contributed by atoms with Crippen molar-refractivity contribution in [3.63, 3.8) is 0 Å². The molecule has 1 rings (SSSR count). The van der Waals surface area contributed by atoms with Crippen LogP contribution in [0.15, 0.2) is 94.7 Å². The van der Waals surface area contributed by atoms with Crippen molar-refractivity contribution in [2.75, 3.05) is 0 Å². The molecule has 0 fully saturated rings. The Labute approximate surface area is 177 Å². The highest BCUT2D eigenvalue weighted by Crippen LogP contribution is 2.24. The minimum atomic E-state index is 0.0860. The summed E-state index contributed by atoms with van der Waals surface area (Å²) in [6.07, 6.45) is 9.65. The first-order valence-electron chi connectivity index (χ1n) is 9.90. The zero-order chi connectivity index (χ0) is 22.4. The lowest BCUT2D eigenvalue weighted by molar-refractivity contribution is 0.545. The van der Waals surface area contributed by atoms with E-state index in [4.69, 9.17) is 4.74 Å². The first-order valence-corrected chi connectivity index (χ1v) is 9.90. The summed E-state index contributed by atoms with van der Waals surface area (Å²) in [7, 11) is 0. The fourth-order valence-corrected chi connectivity index (χ4v) is 2.30. The summed E-state index contributed by atoms with van der Waals surface area (Å²) in [4.78, 5) is 0. The molecule has 0 saturated carbocycles. The molecule has 1 aromatic carbocycles.